The van der Waals surface area contributed by atoms with Gasteiger partial charge in [-0.25, -0.2) is 4.57 Å². The summed E-state index contributed by atoms with van der Waals surface area (Å²) in [5.41, 5.74) is 0. The summed E-state index contributed by atoms with van der Waals surface area (Å²) in [5.74, 6) is -1.19. The van der Waals surface area contributed by atoms with Crippen LogP contribution >= 0.6 is 7.82 Å². The average molecular weight is 693 g/mol. The maximum atomic E-state index is 14.0. The van der Waals surface area contributed by atoms with Crippen LogP contribution in [0.25, 0.3) is 0 Å². The van der Waals surface area contributed by atoms with Crippen molar-refractivity contribution in [2.24, 2.45) is 0 Å². The lowest BCUT2D eigenvalue weighted by atomic mass is 10.1. The molecule has 1 saturated heterocycles. The van der Waals surface area contributed by atoms with Crippen LogP contribution in [0.5, 0.6) is 0 Å². The molecule has 240 valence electrons. The Hall–Kier alpha value is 1.21. The van der Waals surface area contributed by atoms with Crippen LogP contribution in [0, 0.1) is 0 Å². The molecule has 1 fully saturated rings. The van der Waals surface area contributed by atoms with E-state index in [1.54, 1.807) is 0 Å². The van der Waals surface area contributed by atoms with Crippen molar-refractivity contribution in [2.75, 3.05) is 13.2 Å². The van der Waals surface area contributed by atoms with Gasteiger partial charge >= 0.3 is 7.82 Å². The van der Waals surface area contributed by atoms with Crippen molar-refractivity contribution in [3.05, 3.63) is 0 Å². The SMILES string of the molecule is C[Si](C)(C)OC[C@@]1(O[Si](C)(C)C)O[C@H](COP(=O)(O[Si](C)(C)C)O[Si](C)(C)C)[C@@H](O[Si](C)(C)C)[C@@H]1O[Si](C)(C)C. The van der Waals surface area contributed by atoms with E-state index < -0.39 is 81.8 Å². The Bertz CT molecular complexity index is 849. The summed E-state index contributed by atoms with van der Waals surface area (Å²) in [6.07, 6.45) is -1.68. The zero-order valence-corrected chi connectivity index (χ0v) is 35.7. The molecule has 0 aromatic heterocycles. The highest BCUT2D eigenvalue weighted by atomic mass is 31.2. The van der Waals surface area contributed by atoms with Crippen LogP contribution in [0.1, 0.15) is 0 Å². The highest BCUT2D eigenvalue weighted by Crippen LogP contribution is 2.55. The van der Waals surface area contributed by atoms with Crippen molar-refractivity contribution in [3.8, 4) is 0 Å². The van der Waals surface area contributed by atoms with Gasteiger partial charge in [0.05, 0.1) is 13.2 Å². The zero-order chi connectivity index (χ0) is 31.8. The first-order chi connectivity index (χ1) is 17.3. The van der Waals surface area contributed by atoms with Gasteiger partial charge < -0.3 is 30.9 Å². The molecule has 1 aliphatic heterocycles. The third-order valence-electron chi connectivity index (χ3n) is 4.77. The fourth-order valence-electron chi connectivity index (χ4n) is 4.02. The molecule has 0 aromatic carbocycles. The maximum Gasteiger partial charge on any atom is 0.455 e. The van der Waals surface area contributed by atoms with E-state index in [-0.39, 0.29) is 13.2 Å². The Labute approximate surface area is 252 Å². The van der Waals surface area contributed by atoms with Gasteiger partial charge in [-0.05, 0) is 118 Å². The smallest absolute Gasteiger partial charge is 0.412 e. The lowest BCUT2D eigenvalue weighted by Crippen LogP contribution is -2.59. The quantitative estimate of drug-likeness (QED) is 0.118. The second kappa shape index (κ2) is 13.3. The number of phosphoric acid groups is 1. The molecule has 0 saturated carbocycles. The highest BCUT2D eigenvalue weighted by molar-refractivity contribution is 7.52. The van der Waals surface area contributed by atoms with Crippen LogP contribution < -0.4 is 0 Å². The van der Waals surface area contributed by atoms with Gasteiger partial charge in [-0.2, -0.15) is 0 Å². The van der Waals surface area contributed by atoms with Gasteiger partial charge in [0.15, 0.2) is 49.9 Å². The molecule has 1 heterocycles. The van der Waals surface area contributed by atoms with E-state index in [1.807, 2.05) is 39.3 Å². The number of rotatable bonds is 16. The number of ether oxygens (including phenoxy) is 1. The molecule has 40 heavy (non-hydrogen) atoms. The summed E-state index contributed by atoms with van der Waals surface area (Å²) in [7, 11) is -16.8. The third kappa shape index (κ3) is 15.3. The van der Waals surface area contributed by atoms with Gasteiger partial charge in [0.25, 0.3) is 0 Å². The van der Waals surface area contributed by atoms with E-state index in [0.717, 1.165) is 0 Å². The van der Waals surface area contributed by atoms with Gasteiger partial charge in [-0.3, -0.25) is 4.52 Å². The zero-order valence-electron chi connectivity index (χ0n) is 28.8. The molecule has 0 aliphatic carbocycles. The molecule has 0 radical (unpaired) electrons. The standard InChI is InChI=1S/C24H61O9PSi6/c1-35(2,3)27-20-24(31-38(10,11)12)23(30-37(7,8)9)22(29-36(4,5)6)21(28-24)19-26-34(25,32-39(13,14)15)33-40(16,17)18/h21-23H,19-20H2,1-18H3/t21-,22-,23+,24+/m1/s1. The molecular formula is C24H61O9PSi6. The van der Waals surface area contributed by atoms with Gasteiger partial charge in [0.1, 0.15) is 18.3 Å². The van der Waals surface area contributed by atoms with Crippen LogP contribution in [0.3, 0.4) is 0 Å². The monoisotopic (exact) mass is 692 g/mol. The highest BCUT2D eigenvalue weighted by Gasteiger charge is 2.61. The lowest BCUT2D eigenvalue weighted by Gasteiger charge is -2.43. The molecule has 0 aromatic rings. The van der Waals surface area contributed by atoms with Gasteiger partial charge in [-0.1, -0.05) is 0 Å². The maximum absolute atomic E-state index is 14.0. The predicted molar refractivity (Wildman–Crippen MR) is 180 cm³/mol. The van der Waals surface area contributed by atoms with Crippen molar-refractivity contribution in [1.29, 1.82) is 0 Å². The molecule has 0 amide bonds. The Morgan fingerprint density at radius 3 is 1.43 bits per heavy atom. The Kier molecular flexibility index (Phi) is 13.0. The van der Waals surface area contributed by atoms with Crippen molar-refractivity contribution < 1.29 is 40.0 Å². The molecular weight excluding hydrogens is 632 g/mol. The van der Waals surface area contributed by atoms with E-state index in [2.05, 4.69) is 78.6 Å². The summed E-state index contributed by atoms with van der Waals surface area (Å²) in [6, 6.07) is 0. The molecule has 16 heteroatoms. The van der Waals surface area contributed by atoms with E-state index in [0.29, 0.717) is 0 Å². The summed E-state index contributed by atoms with van der Waals surface area (Å²) in [5, 5.41) is 0. The molecule has 9 nitrogen and oxygen atoms in total. The van der Waals surface area contributed by atoms with Crippen LogP contribution in [-0.4, -0.2) is 87.2 Å². The van der Waals surface area contributed by atoms with Crippen molar-refractivity contribution in [3.63, 3.8) is 0 Å². The normalized spacial score (nSPS) is 26.0. The molecule has 1 rings (SSSR count). The van der Waals surface area contributed by atoms with Crippen LogP contribution in [0.2, 0.25) is 118 Å². The van der Waals surface area contributed by atoms with Gasteiger partial charge in [0, 0.05) is 0 Å². The Balaban J connectivity index is 3.66. The van der Waals surface area contributed by atoms with E-state index in [9.17, 15) is 4.57 Å². The summed E-state index contributed by atoms with van der Waals surface area (Å²) >= 11 is 0. The van der Waals surface area contributed by atoms with Crippen LogP contribution in [-0.2, 0) is 40.0 Å². The van der Waals surface area contributed by atoms with Crippen molar-refractivity contribution >= 4 is 57.7 Å². The second-order valence-corrected chi connectivity index (χ2v) is 45.5. The third-order valence-corrected chi connectivity index (χ3v) is 15.3. The topological polar surface area (TPSA) is 90.9 Å². The second-order valence-electron chi connectivity index (χ2n) is 16.6. The molecule has 0 unspecified atom stereocenters. The van der Waals surface area contributed by atoms with Crippen LogP contribution in [0.15, 0.2) is 0 Å². The molecule has 1 aliphatic rings. The Morgan fingerprint density at radius 1 is 0.625 bits per heavy atom. The minimum absolute atomic E-state index is 0.0449. The number of hydrogen-bond donors (Lipinski definition) is 0. The lowest BCUT2D eigenvalue weighted by molar-refractivity contribution is -0.229. The first-order valence-corrected chi connectivity index (χ1v) is 36.3. The Morgan fingerprint density at radius 2 is 1.07 bits per heavy atom. The van der Waals surface area contributed by atoms with E-state index in [4.69, 9.17) is 35.4 Å². The minimum atomic E-state index is -3.87. The van der Waals surface area contributed by atoms with Crippen LogP contribution in [0.4, 0.5) is 0 Å². The fourth-order valence-corrected chi connectivity index (χ4v) is 14.7. The fraction of sp³-hybridized carbons (Fsp3) is 1.00. The summed E-state index contributed by atoms with van der Waals surface area (Å²) < 4.78 is 66.2. The predicted octanol–water partition coefficient (Wildman–Crippen LogP) is 8.05. The largest absolute Gasteiger partial charge is 0.455 e. The minimum Gasteiger partial charge on any atom is -0.412 e. The van der Waals surface area contributed by atoms with E-state index in [1.165, 1.54) is 0 Å². The number of hydrogen-bond acceptors (Lipinski definition) is 9. The molecule has 0 spiro atoms. The van der Waals surface area contributed by atoms with Gasteiger partial charge in [0.2, 0.25) is 5.79 Å². The van der Waals surface area contributed by atoms with Gasteiger partial charge in [-0.15, -0.1) is 0 Å². The first-order valence-electron chi connectivity index (χ1n) is 14.4. The summed E-state index contributed by atoms with van der Waals surface area (Å²) in [4.78, 5) is 0. The average Bonchev–Trinajstić information content (AvgIpc) is 2.83. The molecule has 4 atom stereocenters. The van der Waals surface area contributed by atoms with Crippen molar-refractivity contribution in [1.82, 2.24) is 0 Å². The van der Waals surface area contributed by atoms with E-state index >= 15 is 0 Å². The first kappa shape index (κ1) is 39.2. The molecule has 0 bridgehead atoms. The van der Waals surface area contributed by atoms with Crippen molar-refractivity contribution in [2.45, 2.75) is 142 Å². The summed E-state index contributed by atoms with van der Waals surface area (Å²) in [6.45, 7) is 37.7. The molecule has 0 N–H and O–H groups in total.